The van der Waals surface area contributed by atoms with E-state index >= 15 is 0 Å². The lowest BCUT2D eigenvalue weighted by Gasteiger charge is -2.32. The molecule has 1 heterocycles. The Morgan fingerprint density at radius 3 is 2.23 bits per heavy atom. The number of carbonyl (C=O) groups is 1. The largest absolute Gasteiger partial charge is 0.438 e. The highest BCUT2D eigenvalue weighted by atomic mass is 19.4. The summed E-state index contributed by atoms with van der Waals surface area (Å²) >= 11 is 0. The summed E-state index contributed by atoms with van der Waals surface area (Å²) in [5.74, 6) is -1.81. The summed E-state index contributed by atoms with van der Waals surface area (Å²) in [5, 5.41) is 14.0. The molecule has 0 fully saturated rings. The first-order valence-electron chi connectivity index (χ1n) is 7.65. The third-order valence-electron chi connectivity index (χ3n) is 4.11. The highest BCUT2D eigenvalue weighted by molar-refractivity contribution is 6.05. The molecule has 0 radical (unpaired) electrons. The maximum atomic E-state index is 13.5. The van der Waals surface area contributed by atoms with E-state index in [1.165, 1.54) is 0 Å². The first-order valence-corrected chi connectivity index (χ1v) is 7.65. The summed E-state index contributed by atoms with van der Waals surface area (Å²) in [6.45, 7) is 1.82. The lowest BCUT2D eigenvalue weighted by molar-refractivity contribution is -0.297. The van der Waals surface area contributed by atoms with Gasteiger partial charge in [0.2, 0.25) is 0 Å². The minimum atomic E-state index is -5.13. The van der Waals surface area contributed by atoms with Gasteiger partial charge in [-0.15, -0.1) is 0 Å². The van der Waals surface area contributed by atoms with Crippen LogP contribution < -0.4 is 0 Å². The number of hydrazone groups is 1. The van der Waals surface area contributed by atoms with Crippen LogP contribution in [0.25, 0.3) is 0 Å². The van der Waals surface area contributed by atoms with E-state index in [1.807, 2.05) is 6.92 Å². The van der Waals surface area contributed by atoms with E-state index in [2.05, 4.69) is 5.10 Å². The van der Waals surface area contributed by atoms with Crippen LogP contribution in [0.2, 0.25) is 0 Å². The lowest BCUT2D eigenvalue weighted by atomic mass is 10.00. The minimum Gasteiger partial charge on any atom is -0.362 e. The first kappa shape index (κ1) is 18.1. The standard InChI is InChI=1S/C18H14F4N2O2/c1-11-2-4-12(5-3-11)15-10-17(26,18(20,21)22)24(23-15)16(25)13-6-8-14(19)9-7-13/h2-9,26H,10H2,1H3. The van der Waals surface area contributed by atoms with E-state index in [0.29, 0.717) is 5.56 Å². The van der Waals surface area contributed by atoms with Crippen molar-refractivity contribution in [2.75, 3.05) is 0 Å². The third kappa shape index (κ3) is 3.08. The molecule has 1 amide bonds. The Morgan fingerprint density at radius 2 is 1.69 bits per heavy atom. The number of amides is 1. The quantitative estimate of drug-likeness (QED) is 0.825. The smallest absolute Gasteiger partial charge is 0.362 e. The number of aryl methyl sites for hydroxylation is 1. The maximum Gasteiger partial charge on any atom is 0.438 e. The topological polar surface area (TPSA) is 52.9 Å². The van der Waals surface area contributed by atoms with Gasteiger partial charge in [0.1, 0.15) is 5.82 Å². The average Bonchev–Trinajstić information content (AvgIpc) is 2.94. The molecule has 136 valence electrons. The number of hydrogen-bond acceptors (Lipinski definition) is 3. The van der Waals surface area contributed by atoms with E-state index < -0.39 is 30.0 Å². The number of carbonyl (C=O) groups excluding carboxylic acids is 1. The third-order valence-corrected chi connectivity index (χ3v) is 4.11. The van der Waals surface area contributed by atoms with E-state index in [4.69, 9.17) is 0 Å². The Kier molecular flexibility index (Phi) is 4.31. The molecule has 0 spiro atoms. The Hall–Kier alpha value is -2.74. The van der Waals surface area contributed by atoms with Gasteiger partial charge in [-0.2, -0.15) is 23.3 Å². The highest BCUT2D eigenvalue weighted by Gasteiger charge is 2.63. The SMILES string of the molecule is Cc1ccc(C2=NN(C(=O)c3ccc(F)cc3)C(O)(C(F)(F)F)C2)cc1. The average molecular weight is 366 g/mol. The lowest BCUT2D eigenvalue weighted by Crippen LogP contribution is -2.56. The molecule has 1 aliphatic rings. The summed E-state index contributed by atoms with van der Waals surface area (Å²) in [5.41, 5.74) is -2.49. The zero-order valence-corrected chi connectivity index (χ0v) is 13.6. The summed E-state index contributed by atoms with van der Waals surface area (Å²) in [7, 11) is 0. The van der Waals surface area contributed by atoms with E-state index in [9.17, 15) is 27.5 Å². The molecule has 4 nitrogen and oxygen atoms in total. The maximum absolute atomic E-state index is 13.5. The van der Waals surface area contributed by atoms with Gasteiger partial charge in [-0.05, 0) is 36.8 Å². The van der Waals surface area contributed by atoms with Gasteiger partial charge in [0, 0.05) is 5.56 Å². The first-order chi connectivity index (χ1) is 12.1. The van der Waals surface area contributed by atoms with Crippen molar-refractivity contribution in [2.45, 2.75) is 25.2 Å². The molecule has 26 heavy (non-hydrogen) atoms. The van der Waals surface area contributed by atoms with Gasteiger partial charge in [0.25, 0.3) is 11.6 Å². The molecule has 2 aromatic rings. The zero-order chi connectivity index (χ0) is 19.1. The molecule has 0 saturated carbocycles. The predicted octanol–water partition coefficient (Wildman–Crippen LogP) is 3.64. The van der Waals surface area contributed by atoms with Crippen LogP contribution in [0.15, 0.2) is 53.6 Å². The van der Waals surface area contributed by atoms with Gasteiger partial charge >= 0.3 is 6.18 Å². The van der Waals surface area contributed by atoms with Crippen LogP contribution in [0.5, 0.6) is 0 Å². The summed E-state index contributed by atoms with van der Waals surface area (Å²) in [6, 6.07) is 10.5. The van der Waals surface area contributed by atoms with Crippen LogP contribution in [-0.4, -0.2) is 33.6 Å². The van der Waals surface area contributed by atoms with Crippen molar-refractivity contribution in [1.29, 1.82) is 0 Å². The number of rotatable bonds is 2. The van der Waals surface area contributed by atoms with Gasteiger partial charge in [-0.1, -0.05) is 29.8 Å². The predicted molar refractivity (Wildman–Crippen MR) is 85.9 cm³/mol. The fraction of sp³-hybridized carbons (Fsp3) is 0.222. The molecule has 1 unspecified atom stereocenters. The van der Waals surface area contributed by atoms with E-state index in [-0.39, 0.29) is 16.3 Å². The van der Waals surface area contributed by atoms with E-state index in [0.717, 1.165) is 29.8 Å². The molecule has 8 heteroatoms. The van der Waals surface area contributed by atoms with Gasteiger partial charge in [-0.3, -0.25) is 4.79 Å². The van der Waals surface area contributed by atoms with Crippen molar-refractivity contribution < 1.29 is 27.5 Å². The minimum absolute atomic E-state index is 0.0232. The molecule has 1 aliphatic heterocycles. The van der Waals surface area contributed by atoms with Crippen LogP contribution in [0.3, 0.4) is 0 Å². The van der Waals surface area contributed by atoms with Crippen molar-refractivity contribution in [3.8, 4) is 0 Å². The Bertz CT molecular complexity index is 860. The second-order valence-electron chi connectivity index (χ2n) is 6.03. The number of hydrogen-bond donors (Lipinski definition) is 1. The Balaban J connectivity index is 2.03. The van der Waals surface area contributed by atoms with Crippen LogP contribution >= 0.6 is 0 Å². The van der Waals surface area contributed by atoms with Crippen LogP contribution in [0, 0.1) is 12.7 Å². The normalized spacial score (nSPS) is 20.2. The van der Waals surface area contributed by atoms with E-state index in [1.54, 1.807) is 24.3 Å². The molecular weight excluding hydrogens is 352 g/mol. The number of benzene rings is 2. The second-order valence-corrected chi connectivity index (χ2v) is 6.03. The van der Waals surface area contributed by atoms with Crippen molar-refractivity contribution >= 4 is 11.6 Å². The van der Waals surface area contributed by atoms with Gasteiger partial charge in [-0.25, -0.2) is 4.39 Å². The zero-order valence-electron chi connectivity index (χ0n) is 13.6. The molecule has 0 saturated heterocycles. The summed E-state index contributed by atoms with van der Waals surface area (Å²) < 4.78 is 53.5. The molecule has 0 aliphatic carbocycles. The molecular formula is C18H14F4N2O2. The number of aliphatic hydroxyl groups is 1. The molecule has 1 N–H and O–H groups in total. The van der Waals surface area contributed by atoms with Crippen molar-refractivity contribution in [3.63, 3.8) is 0 Å². The van der Waals surface area contributed by atoms with Gasteiger partial charge in [0.15, 0.2) is 0 Å². The fourth-order valence-corrected chi connectivity index (χ4v) is 2.60. The molecule has 3 rings (SSSR count). The molecule has 0 bridgehead atoms. The monoisotopic (exact) mass is 366 g/mol. The van der Waals surface area contributed by atoms with Crippen molar-refractivity contribution in [1.82, 2.24) is 5.01 Å². The number of nitrogens with zero attached hydrogens (tertiary/aromatic N) is 2. The Labute approximate surface area is 146 Å². The van der Waals surface area contributed by atoms with Crippen LogP contribution in [-0.2, 0) is 0 Å². The number of alkyl halides is 3. The van der Waals surface area contributed by atoms with Gasteiger partial charge in [0.05, 0.1) is 12.1 Å². The van der Waals surface area contributed by atoms with Crippen LogP contribution in [0.1, 0.15) is 27.9 Å². The summed E-state index contributed by atoms with van der Waals surface area (Å²) in [4.78, 5) is 12.5. The molecule has 0 aromatic heterocycles. The summed E-state index contributed by atoms with van der Waals surface area (Å²) in [6.07, 6.45) is -6.02. The molecule has 2 aromatic carbocycles. The number of halogens is 4. The molecule has 1 atom stereocenters. The van der Waals surface area contributed by atoms with Crippen molar-refractivity contribution in [2.24, 2.45) is 5.10 Å². The Morgan fingerprint density at radius 1 is 1.12 bits per heavy atom. The fourth-order valence-electron chi connectivity index (χ4n) is 2.60. The second kappa shape index (κ2) is 6.21. The van der Waals surface area contributed by atoms with Gasteiger partial charge < -0.3 is 5.11 Å². The highest BCUT2D eigenvalue weighted by Crippen LogP contribution is 2.42. The van der Waals surface area contributed by atoms with Crippen molar-refractivity contribution in [3.05, 3.63) is 71.0 Å². The van der Waals surface area contributed by atoms with Crippen LogP contribution in [0.4, 0.5) is 17.6 Å².